The van der Waals surface area contributed by atoms with Gasteiger partial charge in [0.15, 0.2) is 10.6 Å². The van der Waals surface area contributed by atoms with Gasteiger partial charge in [0.25, 0.3) is 6.43 Å². The molecular formula is C20H22F4N4OS. The zero-order chi connectivity index (χ0) is 21.4. The number of nitrogens with zero attached hydrogens (tertiary/aromatic N) is 3. The number of halogens is 4. The lowest BCUT2D eigenvalue weighted by Gasteiger charge is -2.34. The van der Waals surface area contributed by atoms with Gasteiger partial charge < -0.3 is 10.4 Å². The van der Waals surface area contributed by atoms with Crippen molar-refractivity contribution in [1.29, 1.82) is 0 Å². The summed E-state index contributed by atoms with van der Waals surface area (Å²) in [5.74, 6) is -1.41. The lowest BCUT2D eigenvalue weighted by atomic mass is 9.99. The highest BCUT2D eigenvalue weighted by molar-refractivity contribution is 7.13. The number of benzene rings is 1. The van der Waals surface area contributed by atoms with Crippen molar-refractivity contribution >= 4 is 22.5 Å². The number of anilines is 1. The smallest absolute Gasteiger partial charge is 0.264 e. The molecule has 1 unspecified atom stereocenters. The maximum Gasteiger partial charge on any atom is 0.264 e. The van der Waals surface area contributed by atoms with E-state index in [9.17, 15) is 22.7 Å². The van der Waals surface area contributed by atoms with Gasteiger partial charge in [-0.25, -0.2) is 22.5 Å². The van der Waals surface area contributed by atoms with Crippen LogP contribution in [0.1, 0.15) is 30.9 Å². The van der Waals surface area contributed by atoms with E-state index in [1.54, 1.807) is 6.08 Å². The molecule has 1 fully saturated rings. The first-order valence-corrected chi connectivity index (χ1v) is 10.6. The lowest BCUT2D eigenvalue weighted by Crippen LogP contribution is -2.47. The van der Waals surface area contributed by atoms with Gasteiger partial charge in [0, 0.05) is 49.2 Å². The summed E-state index contributed by atoms with van der Waals surface area (Å²) in [5.41, 5.74) is -0.0476. The van der Waals surface area contributed by atoms with E-state index in [2.05, 4.69) is 20.2 Å². The first-order valence-electron chi connectivity index (χ1n) is 9.81. The lowest BCUT2D eigenvalue weighted by molar-refractivity contribution is 0.134. The number of fused-ring (bicyclic) bond motifs is 1. The minimum absolute atomic E-state index is 0.0132. The second-order valence-corrected chi connectivity index (χ2v) is 8.62. The molecule has 1 saturated heterocycles. The molecule has 30 heavy (non-hydrogen) atoms. The summed E-state index contributed by atoms with van der Waals surface area (Å²) in [6.07, 6.45) is -1.53. The van der Waals surface area contributed by atoms with Gasteiger partial charge in [0.1, 0.15) is 17.7 Å². The number of hydrogen-bond donors (Lipinski definition) is 2. The van der Waals surface area contributed by atoms with Crippen LogP contribution in [0.25, 0.3) is 6.08 Å². The number of nitrogens with one attached hydrogen (secondary N) is 1. The number of likely N-dealkylation sites (tertiary alicyclic amines) is 1. The molecule has 0 radical (unpaired) electrons. The average molecular weight is 442 g/mol. The van der Waals surface area contributed by atoms with E-state index in [0.717, 1.165) is 29.8 Å². The Morgan fingerprint density at radius 3 is 2.83 bits per heavy atom. The Morgan fingerprint density at radius 1 is 1.33 bits per heavy atom. The van der Waals surface area contributed by atoms with Gasteiger partial charge in [-0.1, -0.05) is 18.3 Å². The molecule has 0 spiro atoms. The number of aromatic nitrogens is 1. The highest BCUT2D eigenvalue weighted by Crippen LogP contribution is 2.32. The van der Waals surface area contributed by atoms with E-state index in [0.29, 0.717) is 23.6 Å². The van der Waals surface area contributed by atoms with Gasteiger partial charge >= 0.3 is 0 Å². The van der Waals surface area contributed by atoms with Crippen molar-refractivity contribution in [1.82, 2.24) is 9.88 Å². The van der Waals surface area contributed by atoms with E-state index in [-0.39, 0.29) is 18.0 Å². The number of rotatable bonds is 6. The minimum atomic E-state index is -2.90. The molecule has 2 aromatic rings. The molecule has 2 aliphatic rings. The van der Waals surface area contributed by atoms with Crippen LogP contribution in [0.15, 0.2) is 17.1 Å². The SMILES string of the molecule is CCN1C[C@H](F)C[C@@H](Nc2nc3c(s2)=CC(Cc2c(O)cc(F)cc2C(F)F)N=3)C1. The molecule has 10 heteroatoms. The molecule has 1 aromatic carbocycles. The topological polar surface area (TPSA) is 60.8 Å². The number of aromatic hydroxyl groups is 1. The molecule has 2 aliphatic heterocycles. The van der Waals surface area contributed by atoms with E-state index < -0.39 is 35.8 Å². The van der Waals surface area contributed by atoms with Gasteiger partial charge in [-0.2, -0.15) is 0 Å². The van der Waals surface area contributed by atoms with Crippen molar-refractivity contribution in [2.45, 2.75) is 44.4 Å². The number of piperidine rings is 1. The van der Waals surface area contributed by atoms with Crippen molar-refractivity contribution in [3.63, 3.8) is 0 Å². The number of likely N-dealkylation sites (N-methyl/N-ethyl adjacent to an activating group) is 1. The predicted octanol–water partition coefficient (Wildman–Crippen LogP) is 2.79. The highest BCUT2D eigenvalue weighted by atomic mass is 32.1. The normalized spacial score (nSPS) is 23.9. The third kappa shape index (κ3) is 4.44. The monoisotopic (exact) mass is 442 g/mol. The molecular weight excluding hydrogens is 420 g/mol. The van der Waals surface area contributed by atoms with Gasteiger partial charge in [-0.05, 0) is 18.7 Å². The van der Waals surface area contributed by atoms with Crippen LogP contribution in [-0.2, 0) is 6.42 Å². The molecule has 0 aliphatic carbocycles. The predicted molar refractivity (Wildman–Crippen MR) is 107 cm³/mol. The summed E-state index contributed by atoms with van der Waals surface area (Å²) in [6.45, 7) is 3.98. The number of alkyl halides is 3. The Morgan fingerprint density at radius 2 is 2.13 bits per heavy atom. The van der Waals surface area contributed by atoms with Gasteiger partial charge in [0.05, 0.1) is 10.6 Å². The van der Waals surface area contributed by atoms with Crippen LogP contribution in [0.3, 0.4) is 0 Å². The van der Waals surface area contributed by atoms with Crippen LogP contribution in [0.5, 0.6) is 5.75 Å². The summed E-state index contributed by atoms with van der Waals surface area (Å²) in [5, 5.41) is 13.9. The zero-order valence-corrected chi connectivity index (χ0v) is 17.1. The average Bonchev–Trinajstić information content (AvgIpc) is 3.20. The molecule has 1 aromatic heterocycles. The van der Waals surface area contributed by atoms with Crippen LogP contribution in [-0.4, -0.2) is 52.9 Å². The Kier molecular flexibility index (Phi) is 5.97. The summed E-state index contributed by atoms with van der Waals surface area (Å²) in [4.78, 5) is 10.9. The van der Waals surface area contributed by atoms with Crippen LogP contribution in [0.2, 0.25) is 0 Å². The van der Waals surface area contributed by atoms with Gasteiger partial charge in [0.2, 0.25) is 0 Å². The summed E-state index contributed by atoms with van der Waals surface area (Å²) in [7, 11) is 0. The summed E-state index contributed by atoms with van der Waals surface area (Å²) in [6, 6.07) is 1.06. The van der Waals surface area contributed by atoms with Crippen molar-refractivity contribution in [2.24, 2.45) is 4.99 Å². The van der Waals surface area contributed by atoms with Crippen LogP contribution < -0.4 is 15.3 Å². The van der Waals surface area contributed by atoms with Crippen molar-refractivity contribution in [2.75, 3.05) is 25.0 Å². The maximum atomic E-state index is 13.9. The number of phenolic OH excluding ortho intramolecular Hbond substituents is 1. The fourth-order valence-corrected chi connectivity index (χ4v) is 4.97. The molecule has 2 N–H and O–H groups in total. The molecule has 0 bridgehead atoms. The number of thiazole rings is 1. The summed E-state index contributed by atoms with van der Waals surface area (Å²) >= 11 is 1.37. The maximum absolute atomic E-state index is 13.9. The highest BCUT2D eigenvalue weighted by Gasteiger charge is 2.27. The van der Waals surface area contributed by atoms with E-state index >= 15 is 0 Å². The molecule has 0 saturated carbocycles. The Hall–Kier alpha value is -2.20. The molecule has 0 amide bonds. The van der Waals surface area contributed by atoms with E-state index in [4.69, 9.17) is 0 Å². The fourth-order valence-electron chi connectivity index (χ4n) is 3.99. The van der Waals surface area contributed by atoms with Crippen molar-refractivity contribution in [3.05, 3.63) is 39.1 Å². The molecule has 3 heterocycles. The first-order chi connectivity index (χ1) is 14.3. The second-order valence-electron chi connectivity index (χ2n) is 7.59. The van der Waals surface area contributed by atoms with Crippen molar-refractivity contribution < 1.29 is 22.7 Å². The van der Waals surface area contributed by atoms with Gasteiger partial charge in [-0.15, -0.1) is 0 Å². The molecule has 162 valence electrons. The molecule has 4 rings (SSSR count). The van der Waals surface area contributed by atoms with Crippen LogP contribution >= 0.6 is 11.3 Å². The van der Waals surface area contributed by atoms with Crippen molar-refractivity contribution in [3.8, 4) is 5.75 Å². The van der Waals surface area contributed by atoms with E-state index in [1.165, 1.54) is 11.3 Å². The number of hydrogen-bond acceptors (Lipinski definition) is 6. The standard InChI is InChI=1S/C20H22F4N4OS/c1-2-28-8-11(22)3-13(9-28)26-20-27-19-17(30-20)7-12(25-19)6-14-15(18(23)24)4-10(21)5-16(14)29/h4-5,7,11-13,18,29H,2-3,6,8-9H2,1H3,(H,25,26,27)/t11-,12?,13-/m1/s1. The quantitative estimate of drug-likeness (QED) is 0.676. The third-order valence-electron chi connectivity index (χ3n) is 5.39. The summed E-state index contributed by atoms with van der Waals surface area (Å²) < 4.78 is 54.6. The van der Waals surface area contributed by atoms with Crippen LogP contribution in [0.4, 0.5) is 22.7 Å². The Balaban J connectivity index is 1.48. The van der Waals surface area contributed by atoms with E-state index in [1.807, 2.05) is 6.92 Å². The first kappa shape index (κ1) is 21.0. The zero-order valence-electron chi connectivity index (χ0n) is 16.3. The molecule has 3 atom stereocenters. The second kappa shape index (κ2) is 8.50. The Bertz CT molecular complexity index is 1010. The largest absolute Gasteiger partial charge is 0.508 e. The van der Waals surface area contributed by atoms with Gasteiger partial charge in [-0.3, -0.25) is 9.89 Å². The Labute approximate surface area is 174 Å². The molecule has 5 nitrogen and oxygen atoms in total. The third-order valence-corrected chi connectivity index (χ3v) is 6.33. The van der Waals surface area contributed by atoms with Crippen LogP contribution in [0, 0.1) is 5.82 Å². The number of phenols is 1. The fraction of sp³-hybridized carbons (Fsp3) is 0.500. The minimum Gasteiger partial charge on any atom is -0.508 e.